The first kappa shape index (κ1) is 19.3. The van der Waals surface area contributed by atoms with E-state index in [0.29, 0.717) is 13.0 Å². The number of methoxy groups -OCH3 is 1. The molecular formula is C16H22F3NO3. The molecule has 4 nitrogen and oxygen atoms in total. The van der Waals surface area contributed by atoms with Crippen LogP contribution in [0.25, 0.3) is 0 Å². The lowest BCUT2D eigenvalue weighted by atomic mass is 10.1. The van der Waals surface area contributed by atoms with Crippen molar-refractivity contribution in [1.29, 1.82) is 0 Å². The van der Waals surface area contributed by atoms with Crippen LogP contribution in [0, 0.1) is 0 Å². The molecule has 7 heteroatoms. The maximum Gasteiger partial charge on any atom is 0.416 e. The van der Waals surface area contributed by atoms with E-state index in [1.54, 1.807) is 0 Å². The van der Waals surface area contributed by atoms with Crippen molar-refractivity contribution in [3.63, 3.8) is 0 Å². The maximum atomic E-state index is 12.8. The fourth-order valence-electron chi connectivity index (χ4n) is 1.91. The van der Waals surface area contributed by atoms with E-state index in [1.165, 1.54) is 13.2 Å². The Kier molecular flexibility index (Phi) is 7.88. The predicted molar refractivity (Wildman–Crippen MR) is 81.6 cm³/mol. The van der Waals surface area contributed by atoms with Crippen molar-refractivity contribution in [2.75, 3.05) is 25.6 Å². The van der Waals surface area contributed by atoms with Gasteiger partial charge in [0.15, 0.2) is 0 Å². The van der Waals surface area contributed by atoms with E-state index in [2.05, 4.69) is 5.32 Å². The fraction of sp³-hybridized carbons (Fsp3) is 0.562. The number of rotatable bonds is 9. The summed E-state index contributed by atoms with van der Waals surface area (Å²) in [6.07, 6.45) is -1.66. The Balaban J connectivity index is 2.86. The molecule has 0 saturated heterocycles. The Morgan fingerprint density at radius 3 is 2.57 bits per heavy atom. The van der Waals surface area contributed by atoms with Crippen LogP contribution in [0.1, 0.15) is 38.2 Å². The molecule has 0 saturated carbocycles. The summed E-state index contributed by atoms with van der Waals surface area (Å²) >= 11 is 0. The topological polar surface area (TPSA) is 47.6 Å². The molecule has 0 aliphatic carbocycles. The van der Waals surface area contributed by atoms with Crippen LogP contribution in [0.4, 0.5) is 18.9 Å². The number of benzene rings is 1. The number of ether oxygens (including phenoxy) is 2. The Hall–Kier alpha value is -1.76. The van der Waals surface area contributed by atoms with Crippen LogP contribution >= 0.6 is 0 Å². The van der Waals surface area contributed by atoms with Crippen molar-refractivity contribution < 1.29 is 27.4 Å². The molecule has 0 spiro atoms. The fourth-order valence-corrected chi connectivity index (χ4v) is 1.91. The standard InChI is InChI=1S/C16H22F3NO3/c1-3-4-5-6-15(21)20-13-11-12(16(17,18)19)7-8-14(13)23-10-9-22-2/h7-8,11H,3-6,9-10H2,1-2H3,(H,20,21). The average Bonchev–Trinajstić information content (AvgIpc) is 2.48. The highest BCUT2D eigenvalue weighted by Gasteiger charge is 2.31. The summed E-state index contributed by atoms with van der Waals surface area (Å²) in [4.78, 5) is 11.9. The number of nitrogens with one attached hydrogen (secondary N) is 1. The smallest absolute Gasteiger partial charge is 0.416 e. The molecule has 0 aliphatic heterocycles. The van der Waals surface area contributed by atoms with E-state index in [4.69, 9.17) is 9.47 Å². The van der Waals surface area contributed by atoms with Crippen molar-refractivity contribution in [2.45, 2.75) is 38.8 Å². The zero-order valence-electron chi connectivity index (χ0n) is 13.3. The van der Waals surface area contributed by atoms with E-state index in [1.807, 2.05) is 6.92 Å². The van der Waals surface area contributed by atoms with Gasteiger partial charge in [-0.05, 0) is 24.6 Å². The van der Waals surface area contributed by atoms with Crippen LogP contribution in [0.15, 0.2) is 18.2 Å². The van der Waals surface area contributed by atoms with E-state index in [-0.39, 0.29) is 30.4 Å². The maximum absolute atomic E-state index is 12.8. The highest BCUT2D eigenvalue weighted by atomic mass is 19.4. The summed E-state index contributed by atoms with van der Waals surface area (Å²) in [6.45, 7) is 2.48. The van der Waals surface area contributed by atoms with Gasteiger partial charge in [0.1, 0.15) is 12.4 Å². The van der Waals surface area contributed by atoms with Gasteiger partial charge in [-0.25, -0.2) is 0 Å². The molecule has 0 bridgehead atoms. The lowest BCUT2D eigenvalue weighted by molar-refractivity contribution is -0.137. The van der Waals surface area contributed by atoms with Crippen LogP contribution in [0.2, 0.25) is 0 Å². The van der Waals surface area contributed by atoms with Gasteiger partial charge in [0, 0.05) is 13.5 Å². The van der Waals surface area contributed by atoms with Crippen molar-refractivity contribution in [1.82, 2.24) is 0 Å². The Bertz CT molecular complexity index is 504. The molecule has 1 rings (SSSR count). The van der Waals surface area contributed by atoms with Gasteiger partial charge < -0.3 is 14.8 Å². The van der Waals surface area contributed by atoms with Gasteiger partial charge in [-0.15, -0.1) is 0 Å². The first-order valence-electron chi connectivity index (χ1n) is 7.51. The second-order valence-corrected chi connectivity index (χ2v) is 5.06. The molecule has 0 atom stereocenters. The van der Waals surface area contributed by atoms with Crippen LogP contribution < -0.4 is 10.1 Å². The van der Waals surface area contributed by atoms with Crippen molar-refractivity contribution in [2.24, 2.45) is 0 Å². The van der Waals surface area contributed by atoms with E-state index in [9.17, 15) is 18.0 Å². The number of anilines is 1. The van der Waals surface area contributed by atoms with Crippen LogP contribution in [-0.2, 0) is 15.7 Å². The number of hydrogen-bond acceptors (Lipinski definition) is 3. The number of carbonyl (C=O) groups excluding carboxylic acids is 1. The Labute approximate surface area is 134 Å². The van der Waals surface area contributed by atoms with Crippen molar-refractivity contribution in [3.8, 4) is 5.75 Å². The summed E-state index contributed by atoms with van der Waals surface area (Å²) in [5.41, 5.74) is -0.808. The molecule has 0 radical (unpaired) electrons. The molecule has 0 aliphatic rings. The number of alkyl halides is 3. The molecule has 1 N–H and O–H groups in total. The van der Waals surface area contributed by atoms with E-state index >= 15 is 0 Å². The lowest BCUT2D eigenvalue weighted by Gasteiger charge is -2.15. The zero-order valence-corrected chi connectivity index (χ0v) is 13.3. The second kappa shape index (κ2) is 9.39. The minimum absolute atomic E-state index is 0.0254. The molecule has 0 unspecified atom stereocenters. The minimum Gasteiger partial charge on any atom is -0.489 e. The Morgan fingerprint density at radius 2 is 1.96 bits per heavy atom. The molecule has 1 aromatic rings. The third kappa shape index (κ3) is 6.90. The molecule has 23 heavy (non-hydrogen) atoms. The van der Waals surface area contributed by atoms with Crippen molar-refractivity contribution >= 4 is 11.6 Å². The van der Waals surface area contributed by atoms with Gasteiger partial charge in [0.05, 0.1) is 17.9 Å². The SMILES string of the molecule is CCCCCC(=O)Nc1cc(C(F)(F)F)ccc1OCCOC. The minimum atomic E-state index is -4.48. The summed E-state index contributed by atoms with van der Waals surface area (Å²) in [5.74, 6) is -0.131. The zero-order chi connectivity index (χ0) is 17.3. The highest BCUT2D eigenvalue weighted by molar-refractivity contribution is 5.92. The molecule has 0 aromatic heterocycles. The molecular weight excluding hydrogens is 311 g/mol. The van der Waals surface area contributed by atoms with Gasteiger partial charge in [-0.1, -0.05) is 19.8 Å². The normalized spacial score (nSPS) is 11.3. The third-order valence-corrected chi connectivity index (χ3v) is 3.13. The largest absolute Gasteiger partial charge is 0.489 e. The first-order valence-corrected chi connectivity index (χ1v) is 7.51. The van der Waals surface area contributed by atoms with E-state index < -0.39 is 11.7 Å². The quantitative estimate of drug-likeness (QED) is 0.687. The first-order chi connectivity index (χ1) is 10.9. The molecule has 0 fully saturated rings. The second-order valence-electron chi connectivity index (χ2n) is 5.06. The van der Waals surface area contributed by atoms with Gasteiger partial charge in [-0.3, -0.25) is 4.79 Å². The molecule has 1 amide bonds. The summed E-state index contributed by atoms with van der Waals surface area (Å²) in [6, 6.07) is 3.02. The van der Waals surface area contributed by atoms with Gasteiger partial charge in [0.2, 0.25) is 5.91 Å². The summed E-state index contributed by atoms with van der Waals surface area (Å²) < 4.78 is 48.7. The molecule has 1 aromatic carbocycles. The van der Waals surface area contributed by atoms with Crippen molar-refractivity contribution in [3.05, 3.63) is 23.8 Å². The molecule has 0 heterocycles. The van der Waals surface area contributed by atoms with Gasteiger partial charge in [0.25, 0.3) is 0 Å². The molecule has 130 valence electrons. The van der Waals surface area contributed by atoms with Crippen LogP contribution in [0.3, 0.4) is 0 Å². The highest BCUT2D eigenvalue weighted by Crippen LogP contribution is 2.35. The Morgan fingerprint density at radius 1 is 1.22 bits per heavy atom. The van der Waals surface area contributed by atoms with Crippen LogP contribution in [0.5, 0.6) is 5.75 Å². The van der Waals surface area contributed by atoms with Gasteiger partial charge in [-0.2, -0.15) is 13.2 Å². The number of amides is 1. The predicted octanol–water partition coefficient (Wildman–Crippen LogP) is 4.25. The lowest BCUT2D eigenvalue weighted by Crippen LogP contribution is -2.15. The van der Waals surface area contributed by atoms with Gasteiger partial charge >= 0.3 is 6.18 Å². The van der Waals surface area contributed by atoms with Crippen LogP contribution in [-0.4, -0.2) is 26.2 Å². The summed E-state index contributed by atoms with van der Waals surface area (Å²) in [5, 5.41) is 2.50. The van der Waals surface area contributed by atoms with E-state index in [0.717, 1.165) is 25.0 Å². The third-order valence-electron chi connectivity index (χ3n) is 3.13. The average molecular weight is 333 g/mol. The number of carbonyl (C=O) groups is 1. The monoisotopic (exact) mass is 333 g/mol. The number of hydrogen-bond donors (Lipinski definition) is 1. The number of halogens is 3. The number of unbranched alkanes of at least 4 members (excludes halogenated alkanes) is 2. The summed E-state index contributed by atoms with van der Waals surface area (Å²) in [7, 11) is 1.49.